The second-order valence-corrected chi connectivity index (χ2v) is 7.26. The van der Waals surface area contributed by atoms with Crippen LogP contribution < -0.4 is 10.6 Å². The molecule has 1 rings (SSSR count). The van der Waals surface area contributed by atoms with E-state index in [0.717, 1.165) is 5.96 Å². The topological polar surface area (TPSA) is 70.6 Å². The molecule has 0 aromatic heterocycles. The van der Waals surface area contributed by atoms with Gasteiger partial charge in [-0.05, 0) is 25.7 Å². The number of hydrogen-bond acceptors (Lipinski definition) is 3. The van der Waals surface area contributed by atoms with Crippen molar-refractivity contribution in [3.63, 3.8) is 0 Å². The average Bonchev–Trinajstić information content (AvgIpc) is 2.89. The number of hydrogen-bond donors (Lipinski definition) is 2. The highest BCUT2D eigenvalue weighted by Gasteiger charge is 2.33. The Bertz CT molecular complexity index is 378. The van der Waals surface area contributed by atoms with Gasteiger partial charge in [-0.2, -0.15) is 0 Å². The van der Waals surface area contributed by atoms with Crippen molar-refractivity contribution < 1.29 is 8.42 Å². The van der Waals surface area contributed by atoms with E-state index in [2.05, 4.69) is 22.5 Å². The van der Waals surface area contributed by atoms with E-state index in [0.29, 0.717) is 18.4 Å². The maximum Gasteiger partial charge on any atom is 0.191 e. The van der Waals surface area contributed by atoms with Gasteiger partial charge >= 0.3 is 0 Å². The Morgan fingerprint density at radius 3 is 2.53 bits per heavy atom. The Labute approximate surface area is 104 Å². The minimum atomic E-state index is -2.88. The van der Waals surface area contributed by atoms with Crippen LogP contribution in [0.25, 0.3) is 0 Å². The zero-order valence-corrected chi connectivity index (χ0v) is 11.8. The fraction of sp³-hybridized carbons (Fsp3) is 0.909. The van der Waals surface area contributed by atoms with E-state index in [4.69, 9.17) is 0 Å². The quantitative estimate of drug-likeness (QED) is 0.554. The Morgan fingerprint density at radius 2 is 2.12 bits per heavy atom. The molecule has 0 heterocycles. The van der Waals surface area contributed by atoms with E-state index in [-0.39, 0.29) is 11.8 Å². The zero-order chi connectivity index (χ0) is 13.1. The van der Waals surface area contributed by atoms with Gasteiger partial charge in [-0.25, -0.2) is 8.42 Å². The highest BCUT2D eigenvalue weighted by Crippen LogP contribution is 2.28. The van der Waals surface area contributed by atoms with Crippen LogP contribution in [0.1, 0.15) is 26.7 Å². The number of guanidine groups is 1. The van der Waals surface area contributed by atoms with Gasteiger partial charge in [-0.3, -0.25) is 4.99 Å². The molecule has 0 saturated heterocycles. The van der Waals surface area contributed by atoms with Crippen LogP contribution in [0, 0.1) is 5.92 Å². The first-order valence-electron chi connectivity index (χ1n) is 5.99. The minimum Gasteiger partial charge on any atom is -0.354 e. The van der Waals surface area contributed by atoms with Gasteiger partial charge in [-0.1, -0.05) is 6.92 Å². The predicted molar refractivity (Wildman–Crippen MR) is 71.0 cm³/mol. The molecule has 2 N–H and O–H groups in total. The summed E-state index contributed by atoms with van der Waals surface area (Å²) in [7, 11) is -1.15. The molecule has 0 spiro atoms. The van der Waals surface area contributed by atoms with Gasteiger partial charge in [0.1, 0.15) is 9.84 Å². The molecule has 3 atom stereocenters. The second-order valence-electron chi connectivity index (χ2n) is 5.00. The summed E-state index contributed by atoms with van der Waals surface area (Å²) in [5.41, 5.74) is 0. The van der Waals surface area contributed by atoms with E-state index in [9.17, 15) is 8.42 Å². The average molecular weight is 261 g/mol. The van der Waals surface area contributed by atoms with Gasteiger partial charge in [0.25, 0.3) is 0 Å². The summed E-state index contributed by atoms with van der Waals surface area (Å²) in [5, 5.41) is 6.51. The van der Waals surface area contributed by atoms with Crippen molar-refractivity contribution in [3.05, 3.63) is 0 Å². The molecule has 1 saturated carbocycles. The molecule has 0 aliphatic heterocycles. The van der Waals surface area contributed by atoms with Crippen LogP contribution in [-0.2, 0) is 9.84 Å². The summed E-state index contributed by atoms with van der Waals surface area (Å²) in [6, 6.07) is 0.619. The standard InChI is InChI=1S/C11H23N3O2S/c1-8-7-10(8)14-11(12-3)13-9(2)5-6-17(4,15)16/h8-10H,5-7H2,1-4H3,(H2,12,13,14). The summed E-state index contributed by atoms with van der Waals surface area (Å²) in [5.74, 6) is 1.68. The molecular weight excluding hydrogens is 238 g/mol. The van der Waals surface area contributed by atoms with Gasteiger partial charge in [0, 0.05) is 25.4 Å². The van der Waals surface area contributed by atoms with Crippen LogP contribution in [-0.4, -0.2) is 45.5 Å². The monoisotopic (exact) mass is 261 g/mol. The Morgan fingerprint density at radius 1 is 1.53 bits per heavy atom. The number of sulfone groups is 1. The van der Waals surface area contributed by atoms with Crippen molar-refractivity contribution in [2.75, 3.05) is 19.1 Å². The van der Waals surface area contributed by atoms with Crippen molar-refractivity contribution >= 4 is 15.8 Å². The number of aliphatic imine (C=N–C) groups is 1. The molecule has 0 amide bonds. The maximum atomic E-state index is 11.0. The molecule has 0 radical (unpaired) electrons. The Hall–Kier alpha value is -0.780. The number of rotatable bonds is 5. The molecule has 6 heteroatoms. The maximum absolute atomic E-state index is 11.0. The summed E-state index contributed by atoms with van der Waals surface area (Å²) < 4.78 is 22.1. The molecule has 1 aliphatic carbocycles. The lowest BCUT2D eigenvalue weighted by molar-refractivity contribution is 0.580. The molecule has 1 aliphatic rings. The third-order valence-corrected chi connectivity index (χ3v) is 3.94. The summed E-state index contributed by atoms with van der Waals surface area (Å²) in [6.07, 6.45) is 3.04. The fourth-order valence-corrected chi connectivity index (χ4v) is 2.35. The first-order chi connectivity index (χ1) is 7.81. The van der Waals surface area contributed by atoms with E-state index in [1.165, 1.54) is 12.7 Å². The van der Waals surface area contributed by atoms with Gasteiger partial charge in [0.15, 0.2) is 5.96 Å². The summed E-state index contributed by atoms with van der Waals surface area (Å²) >= 11 is 0. The fourth-order valence-electron chi connectivity index (χ4n) is 1.57. The van der Waals surface area contributed by atoms with Gasteiger partial charge in [0.05, 0.1) is 5.75 Å². The van der Waals surface area contributed by atoms with E-state index < -0.39 is 9.84 Å². The number of nitrogens with one attached hydrogen (secondary N) is 2. The van der Waals surface area contributed by atoms with Crippen LogP contribution >= 0.6 is 0 Å². The van der Waals surface area contributed by atoms with Crippen LogP contribution in [0.3, 0.4) is 0 Å². The van der Waals surface area contributed by atoms with E-state index in [1.807, 2.05) is 6.92 Å². The van der Waals surface area contributed by atoms with E-state index >= 15 is 0 Å². The van der Waals surface area contributed by atoms with Crippen molar-refractivity contribution in [1.29, 1.82) is 0 Å². The summed E-state index contributed by atoms with van der Waals surface area (Å²) in [4.78, 5) is 4.13. The third-order valence-electron chi connectivity index (χ3n) is 2.96. The van der Waals surface area contributed by atoms with Crippen molar-refractivity contribution in [2.24, 2.45) is 10.9 Å². The predicted octanol–water partition coefficient (Wildman–Crippen LogP) is 0.383. The smallest absolute Gasteiger partial charge is 0.191 e. The lowest BCUT2D eigenvalue weighted by atomic mass is 10.3. The van der Waals surface area contributed by atoms with Crippen LogP contribution in [0.15, 0.2) is 4.99 Å². The summed E-state index contributed by atoms with van der Waals surface area (Å²) in [6.45, 7) is 4.16. The molecular formula is C11H23N3O2S. The van der Waals surface area contributed by atoms with E-state index in [1.54, 1.807) is 7.05 Å². The minimum absolute atomic E-state index is 0.102. The molecule has 3 unspecified atom stereocenters. The molecule has 17 heavy (non-hydrogen) atoms. The highest BCUT2D eigenvalue weighted by molar-refractivity contribution is 7.90. The Kier molecular flexibility index (Phi) is 4.80. The molecule has 1 fully saturated rings. The normalized spacial score (nSPS) is 26.5. The zero-order valence-electron chi connectivity index (χ0n) is 11.0. The number of nitrogens with zero attached hydrogens (tertiary/aromatic N) is 1. The van der Waals surface area contributed by atoms with Gasteiger partial charge < -0.3 is 10.6 Å². The Balaban J connectivity index is 2.30. The van der Waals surface area contributed by atoms with Gasteiger partial charge in [0.2, 0.25) is 0 Å². The lowest BCUT2D eigenvalue weighted by Gasteiger charge is -2.17. The highest BCUT2D eigenvalue weighted by atomic mass is 32.2. The molecule has 0 bridgehead atoms. The third kappa shape index (κ3) is 5.91. The first-order valence-corrected chi connectivity index (χ1v) is 8.05. The van der Waals surface area contributed by atoms with Crippen LogP contribution in [0.4, 0.5) is 0 Å². The van der Waals surface area contributed by atoms with Gasteiger partial charge in [-0.15, -0.1) is 0 Å². The molecule has 0 aromatic rings. The van der Waals surface area contributed by atoms with Crippen LogP contribution in [0.5, 0.6) is 0 Å². The second kappa shape index (κ2) is 5.71. The lowest BCUT2D eigenvalue weighted by Crippen LogP contribution is -2.44. The van der Waals surface area contributed by atoms with Crippen LogP contribution in [0.2, 0.25) is 0 Å². The largest absolute Gasteiger partial charge is 0.354 e. The molecule has 100 valence electrons. The van der Waals surface area contributed by atoms with Crippen molar-refractivity contribution in [3.8, 4) is 0 Å². The molecule has 0 aromatic carbocycles. The van der Waals surface area contributed by atoms with Crippen molar-refractivity contribution in [2.45, 2.75) is 38.8 Å². The molecule has 5 nitrogen and oxygen atoms in total. The van der Waals surface area contributed by atoms with Crippen molar-refractivity contribution in [1.82, 2.24) is 10.6 Å². The first kappa shape index (κ1) is 14.3. The SMILES string of the molecule is CN=C(NC(C)CCS(C)(=O)=O)NC1CC1C.